The standard InChI is InChI=1S/C14H17N3/c1-17(11-12-5-4-8-16-10-12)14-7-3-2-6-13(14)9-15/h2-8,10H,9,11,15H2,1H3. The molecule has 0 aliphatic heterocycles. The lowest BCUT2D eigenvalue weighted by Gasteiger charge is -2.22. The highest BCUT2D eigenvalue weighted by atomic mass is 15.1. The van der Waals surface area contributed by atoms with Crippen LogP contribution in [0.3, 0.4) is 0 Å². The van der Waals surface area contributed by atoms with Crippen molar-refractivity contribution in [3.8, 4) is 0 Å². The van der Waals surface area contributed by atoms with E-state index in [4.69, 9.17) is 5.73 Å². The Bertz CT molecular complexity index is 468. The molecule has 2 rings (SSSR count). The van der Waals surface area contributed by atoms with Gasteiger partial charge in [0.1, 0.15) is 0 Å². The molecule has 2 N–H and O–H groups in total. The zero-order valence-electron chi connectivity index (χ0n) is 10.0. The minimum absolute atomic E-state index is 0.563. The Morgan fingerprint density at radius 1 is 1.18 bits per heavy atom. The maximum Gasteiger partial charge on any atom is 0.0441 e. The van der Waals surface area contributed by atoms with Gasteiger partial charge in [0.05, 0.1) is 0 Å². The average Bonchev–Trinajstić information content (AvgIpc) is 2.40. The van der Waals surface area contributed by atoms with Crippen molar-refractivity contribution in [2.24, 2.45) is 5.73 Å². The molecular weight excluding hydrogens is 210 g/mol. The molecule has 0 spiro atoms. The van der Waals surface area contributed by atoms with Gasteiger partial charge in [-0.2, -0.15) is 0 Å². The van der Waals surface area contributed by atoms with Crippen LogP contribution in [0.15, 0.2) is 48.8 Å². The summed E-state index contributed by atoms with van der Waals surface area (Å²) in [7, 11) is 2.07. The van der Waals surface area contributed by atoms with Crippen molar-refractivity contribution in [2.45, 2.75) is 13.1 Å². The predicted octanol–water partition coefficient (Wildman–Crippen LogP) is 2.18. The number of aromatic nitrogens is 1. The predicted molar refractivity (Wildman–Crippen MR) is 70.7 cm³/mol. The third-order valence-electron chi connectivity index (χ3n) is 2.77. The lowest BCUT2D eigenvalue weighted by Crippen LogP contribution is -2.18. The highest BCUT2D eigenvalue weighted by Crippen LogP contribution is 2.20. The number of rotatable bonds is 4. The summed E-state index contributed by atoms with van der Waals surface area (Å²) in [5.41, 5.74) is 9.28. The fraction of sp³-hybridized carbons (Fsp3) is 0.214. The van der Waals surface area contributed by atoms with Crippen molar-refractivity contribution >= 4 is 5.69 Å². The Kier molecular flexibility index (Phi) is 3.73. The van der Waals surface area contributed by atoms with Crippen molar-refractivity contribution in [1.82, 2.24) is 4.98 Å². The van der Waals surface area contributed by atoms with E-state index in [2.05, 4.69) is 35.1 Å². The minimum Gasteiger partial charge on any atom is -0.370 e. The zero-order valence-corrected chi connectivity index (χ0v) is 10.0. The van der Waals surface area contributed by atoms with Gasteiger partial charge < -0.3 is 10.6 Å². The summed E-state index contributed by atoms with van der Waals surface area (Å²) < 4.78 is 0. The van der Waals surface area contributed by atoms with E-state index in [1.807, 2.05) is 24.4 Å². The van der Waals surface area contributed by atoms with Gasteiger partial charge in [-0.15, -0.1) is 0 Å². The number of hydrogen-bond acceptors (Lipinski definition) is 3. The van der Waals surface area contributed by atoms with Crippen LogP contribution in [0.1, 0.15) is 11.1 Å². The Labute approximate surface area is 102 Å². The fourth-order valence-electron chi connectivity index (χ4n) is 1.91. The van der Waals surface area contributed by atoms with Gasteiger partial charge in [0.2, 0.25) is 0 Å². The van der Waals surface area contributed by atoms with Crippen LogP contribution in [0.4, 0.5) is 5.69 Å². The van der Waals surface area contributed by atoms with Crippen molar-refractivity contribution in [3.63, 3.8) is 0 Å². The molecule has 0 atom stereocenters. The summed E-state index contributed by atoms with van der Waals surface area (Å²) in [4.78, 5) is 6.32. The molecule has 0 fully saturated rings. The summed E-state index contributed by atoms with van der Waals surface area (Å²) in [6.45, 7) is 1.40. The monoisotopic (exact) mass is 227 g/mol. The van der Waals surface area contributed by atoms with Gasteiger partial charge in [0.15, 0.2) is 0 Å². The first kappa shape index (κ1) is 11.6. The van der Waals surface area contributed by atoms with Crippen molar-refractivity contribution < 1.29 is 0 Å². The van der Waals surface area contributed by atoms with E-state index >= 15 is 0 Å². The van der Waals surface area contributed by atoms with Crippen molar-refractivity contribution in [1.29, 1.82) is 0 Å². The summed E-state index contributed by atoms with van der Waals surface area (Å²) in [6, 6.07) is 12.2. The molecule has 0 radical (unpaired) electrons. The number of nitrogens with zero attached hydrogens (tertiary/aromatic N) is 2. The largest absolute Gasteiger partial charge is 0.370 e. The third kappa shape index (κ3) is 2.82. The summed E-state index contributed by atoms with van der Waals surface area (Å²) >= 11 is 0. The first-order valence-corrected chi connectivity index (χ1v) is 5.69. The molecule has 0 bridgehead atoms. The molecule has 0 aliphatic carbocycles. The van der Waals surface area contributed by atoms with Crippen LogP contribution in [0.25, 0.3) is 0 Å². The van der Waals surface area contributed by atoms with E-state index in [1.54, 1.807) is 6.20 Å². The number of para-hydroxylation sites is 1. The smallest absolute Gasteiger partial charge is 0.0441 e. The van der Waals surface area contributed by atoms with E-state index in [1.165, 1.54) is 16.8 Å². The van der Waals surface area contributed by atoms with Crippen molar-refractivity contribution in [3.05, 3.63) is 59.9 Å². The second kappa shape index (κ2) is 5.46. The van der Waals surface area contributed by atoms with Gasteiger partial charge in [0, 0.05) is 38.2 Å². The van der Waals surface area contributed by atoms with Crippen LogP contribution < -0.4 is 10.6 Å². The lowest BCUT2D eigenvalue weighted by molar-refractivity contribution is 0.898. The molecule has 2 aromatic rings. The van der Waals surface area contributed by atoms with Gasteiger partial charge in [-0.05, 0) is 23.3 Å². The highest BCUT2D eigenvalue weighted by Gasteiger charge is 2.06. The Balaban J connectivity index is 2.17. The van der Waals surface area contributed by atoms with E-state index in [0.717, 1.165) is 6.54 Å². The molecule has 0 amide bonds. The molecule has 0 aliphatic rings. The highest BCUT2D eigenvalue weighted by molar-refractivity contribution is 5.53. The van der Waals surface area contributed by atoms with Crippen LogP contribution >= 0.6 is 0 Å². The van der Waals surface area contributed by atoms with Crippen LogP contribution in [0.5, 0.6) is 0 Å². The number of anilines is 1. The summed E-state index contributed by atoms with van der Waals surface area (Å²) in [5.74, 6) is 0. The topological polar surface area (TPSA) is 42.2 Å². The van der Waals surface area contributed by atoms with Gasteiger partial charge in [-0.3, -0.25) is 4.98 Å². The van der Waals surface area contributed by atoms with Crippen LogP contribution in [-0.2, 0) is 13.1 Å². The molecule has 0 saturated heterocycles. The number of hydrogen-bond donors (Lipinski definition) is 1. The molecule has 1 aromatic carbocycles. The van der Waals surface area contributed by atoms with Gasteiger partial charge in [-0.1, -0.05) is 24.3 Å². The number of nitrogens with two attached hydrogens (primary N) is 1. The number of pyridine rings is 1. The first-order chi connectivity index (χ1) is 8.31. The maximum absolute atomic E-state index is 5.74. The van der Waals surface area contributed by atoms with E-state index in [-0.39, 0.29) is 0 Å². The third-order valence-corrected chi connectivity index (χ3v) is 2.77. The van der Waals surface area contributed by atoms with E-state index < -0.39 is 0 Å². The molecule has 1 heterocycles. The van der Waals surface area contributed by atoms with Gasteiger partial charge >= 0.3 is 0 Å². The maximum atomic E-state index is 5.74. The second-order valence-electron chi connectivity index (χ2n) is 4.05. The normalized spacial score (nSPS) is 10.2. The lowest BCUT2D eigenvalue weighted by atomic mass is 10.1. The Morgan fingerprint density at radius 2 is 2.00 bits per heavy atom. The van der Waals surface area contributed by atoms with Gasteiger partial charge in [0.25, 0.3) is 0 Å². The average molecular weight is 227 g/mol. The Morgan fingerprint density at radius 3 is 2.71 bits per heavy atom. The molecule has 3 nitrogen and oxygen atoms in total. The van der Waals surface area contributed by atoms with E-state index in [9.17, 15) is 0 Å². The van der Waals surface area contributed by atoms with E-state index in [0.29, 0.717) is 6.54 Å². The van der Waals surface area contributed by atoms with Crippen LogP contribution in [-0.4, -0.2) is 12.0 Å². The molecular formula is C14H17N3. The first-order valence-electron chi connectivity index (χ1n) is 5.69. The molecule has 1 aromatic heterocycles. The molecule has 88 valence electrons. The molecule has 0 saturated carbocycles. The van der Waals surface area contributed by atoms with Crippen LogP contribution in [0.2, 0.25) is 0 Å². The van der Waals surface area contributed by atoms with Crippen molar-refractivity contribution in [2.75, 3.05) is 11.9 Å². The van der Waals surface area contributed by atoms with Crippen LogP contribution in [0, 0.1) is 0 Å². The zero-order chi connectivity index (χ0) is 12.1. The quantitative estimate of drug-likeness (QED) is 0.870. The summed E-state index contributed by atoms with van der Waals surface area (Å²) in [6.07, 6.45) is 3.68. The molecule has 3 heteroatoms. The molecule has 0 unspecified atom stereocenters. The number of benzene rings is 1. The SMILES string of the molecule is CN(Cc1cccnc1)c1ccccc1CN. The molecule has 17 heavy (non-hydrogen) atoms. The fourth-order valence-corrected chi connectivity index (χ4v) is 1.91. The second-order valence-corrected chi connectivity index (χ2v) is 4.05. The minimum atomic E-state index is 0.563. The van der Waals surface area contributed by atoms with Gasteiger partial charge in [-0.25, -0.2) is 0 Å². The Hall–Kier alpha value is -1.87. The summed E-state index contributed by atoms with van der Waals surface area (Å²) in [5, 5.41) is 0.